The molecule has 0 aliphatic heterocycles. The highest BCUT2D eigenvalue weighted by Gasteiger charge is 2.35. The number of carbonyl (C=O) groups excluding carboxylic acids is 12. The summed E-state index contributed by atoms with van der Waals surface area (Å²) in [6, 6.07) is 1.21. The van der Waals surface area contributed by atoms with E-state index in [0.29, 0.717) is 27.9 Å². The average Bonchev–Trinajstić information content (AvgIpc) is 1.61. The van der Waals surface area contributed by atoms with Crippen LogP contribution in [0.5, 0.6) is 0 Å². The largest absolute Gasteiger partial charge is 0.480 e. The molecule has 0 fully saturated rings. The van der Waals surface area contributed by atoms with Crippen LogP contribution in [0.2, 0.25) is 0 Å². The third-order valence-corrected chi connectivity index (χ3v) is 17.4. The zero-order valence-corrected chi connectivity index (χ0v) is 62.4. The van der Waals surface area contributed by atoms with Crippen LogP contribution >= 0.6 is 11.8 Å². The fourth-order valence-electron chi connectivity index (χ4n) is 11.2. The van der Waals surface area contributed by atoms with Crippen molar-refractivity contribution in [3.05, 3.63) is 84.1 Å². The number of hydrogen-bond donors (Lipinski definition) is 19. The highest BCUT2D eigenvalue weighted by atomic mass is 32.2. The third kappa shape index (κ3) is 32.9. The van der Waals surface area contributed by atoms with Crippen LogP contribution in [0, 0.1) is 11.8 Å². The number of carboxylic acid groups (broad SMARTS) is 5. The number of fused-ring (bicyclic) bond motifs is 1. The Balaban J connectivity index is 1.44. The van der Waals surface area contributed by atoms with Crippen molar-refractivity contribution in [2.75, 3.05) is 82.8 Å². The highest BCUT2D eigenvalue weighted by molar-refractivity contribution is 7.98. The molecule has 12 amide bonds. The number of carbonyl (C=O) groups is 17. The summed E-state index contributed by atoms with van der Waals surface area (Å²) >= 11 is 1.44. The van der Waals surface area contributed by atoms with Crippen LogP contribution in [-0.2, 0) is 89.6 Å². The van der Waals surface area contributed by atoms with E-state index >= 15 is 0 Å². The first-order valence-corrected chi connectivity index (χ1v) is 36.3. The molecule has 8 atom stereocenters. The standard InChI is InChI=1S/C69H98N18O22S/c1-37(2)25-48(66(105)80-46(61(71)100)19-24-110-6)82-67(106)50(27-43-29-72-36-76-43)79-55(91)31-75-68(107)60(38(3)4)84-62(101)39(5)77-65(104)49(26-41-28-73-45-10-8-7-9-44(41)45)83-64(103)47(15-17-52(70)88)81-63(102)40-11-13-42(14-12-40)78-54(90)30-74-53(89)18-16-51(69(108)109)87(22-20-85(32-56(92)93)33-57(94)95)23-21-86(34-58(96)97)35-59(98)99/h7-14,28-29,36-39,46-51,60,73H,15-27,30-35H2,1-6H3,(H2,70,88)(H2,71,100)(H,72,76)(H,74,89)(H,75,107)(H,77,104)(H,78,90)(H,79,91)(H,80,105)(H,81,102)(H,82,106)(H,83,103)(H,84,101)(H,92,93)(H,94,95)(H,96,97)(H,98,99)(H,108,109)/t39-,46-,47-,48-,49-,50-,51-,60-/m0/s1. The maximum absolute atomic E-state index is 14.4. The number of nitrogens with one attached hydrogen (secondary N) is 12. The van der Waals surface area contributed by atoms with Gasteiger partial charge in [0.2, 0.25) is 65.0 Å². The molecule has 21 N–H and O–H groups in total. The van der Waals surface area contributed by atoms with Gasteiger partial charge in [0.1, 0.15) is 48.3 Å². The van der Waals surface area contributed by atoms with Gasteiger partial charge in [0.15, 0.2) is 0 Å². The van der Waals surface area contributed by atoms with E-state index < -0.39 is 214 Å². The van der Waals surface area contributed by atoms with Crippen LogP contribution in [0.25, 0.3) is 10.9 Å². The van der Waals surface area contributed by atoms with Gasteiger partial charge in [-0.2, -0.15) is 11.8 Å². The van der Waals surface area contributed by atoms with E-state index in [1.807, 2.05) is 20.1 Å². The highest BCUT2D eigenvalue weighted by Crippen LogP contribution is 2.21. The SMILES string of the molecule is CSCC[C@H](NC(=O)[C@H](CC(C)C)NC(=O)[C@H](Cc1c[nH]cn1)NC(=O)CNC(=O)[C@@H](NC(=O)[C@H](C)NC(=O)[C@H](Cc1c[nH]c2ccccc12)NC(=O)[C@H](CCC(N)=O)NC(=O)c1ccc(NC(=O)CNC(=O)CC[C@@H](C(=O)O)N(CCN(CC(=O)O)CC(=O)O)CCN(CC(=O)O)CC(=O)O)cc1)C(C)C)C(N)=O. The van der Waals surface area contributed by atoms with Gasteiger partial charge in [-0.15, -0.1) is 0 Å². The van der Waals surface area contributed by atoms with Gasteiger partial charge in [-0.05, 0) is 92.3 Å². The molecule has 0 saturated carbocycles. The molecule has 40 nitrogen and oxygen atoms in total. The lowest BCUT2D eigenvalue weighted by atomic mass is 10.0. The molecule has 4 aromatic rings. The predicted octanol–water partition coefficient (Wildman–Crippen LogP) is -3.74. The van der Waals surface area contributed by atoms with Gasteiger partial charge in [-0.1, -0.05) is 45.9 Å². The number of amides is 12. The van der Waals surface area contributed by atoms with E-state index in [4.69, 9.17) is 11.5 Å². The van der Waals surface area contributed by atoms with E-state index in [1.165, 1.54) is 60.4 Å². The Morgan fingerprint density at radius 3 is 1.64 bits per heavy atom. The minimum atomic E-state index is -1.55. The molecule has 0 aliphatic rings. The Labute approximate surface area is 635 Å². The summed E-state index contributed by atoms with van der Waals surface area (Å²) in [5.74, 6) is -17.4. The molecular formula is C69H98N18O22S. The number of benzene rings is 2. The minimum absolute atomic E-state index is 0.0857. The lowest BCUT2D eigenvalue weighted by molar-refractivity contribution is -0.146. The molecular weight excluding hydrogens is 1460 g/mol. The van der Waals surface area contributed by atoms with Crippen LogP contribution in [-0.4, -0.2) is 282 Å². The molecule has 0 unspecified atom stereocenters. The number of anilines is 1. The summed E-state index contributed by atoms with van der Waals surface area (Å²) in [6.45, 7) is 2.38. The number of primary amides is 2. The summed E-state index contributed by atoms with van der Waals surface area (Å²) in [5, 5.41) is 73.7. The summed E-state index contributed by atoms with van der Waals surface area (Å²) < 4.78 is 0. The molecule has 110 heavy (non-hydrogen) atoms. The maximum Gasteiger partial charge on any atom is 0.320 e. The molecule has 0 saturated heterocycles. The Hall–Kier alpha value is -11.6. The topological polar surface area (TPSA) is 618 Å². The van der Waals surface area contributed by atoms with Crippen molar-refractivity contribution in [3.63, 3.8) is 0 Å². The first-order valence-electron chi connectivity index (χ1n) is 34.9. The number of thioether (sulfide) groups is 1. The lowest BCUT2D eigenvalue weighted by Crippen LogP contribution is -2.59. The minimum Gasteiger partial charge on any atom is -0.480 e. The second-order valence-electron chi connectivity index (χ2n) is 26.5. The molecule has 4 rings (SSSR count). The second kappa shape index (κ2) is 45.9. The number of nitrogens with two attached hydrogens (primary N) is 2. The summed E-state index contributed by atoms with van der Waals surface area (Å²) in [6.07, 6.45) is 4.45. The third-order valence-electron chi connectivity index (χ3n) is 16.8. The van der Waals surface area contributed by atoms with Crippen molar-refractivity contribution >= 4 is 129 Å². The van der Waals surface area contributed by atoms with Crippen molar-refractivity contribution in [3.8, 4) is 0 Å². The van der Waals surface area contributed by atoms with Gasteiger partial charge in [0.25, 0.3) is 5.91 Å². The van der Waals surface area contributed by atoms with Crippen LogP contribution in [0.15, 0.2) is 67.3 Å². The summed E-state index contributed by atoms with van der Waals surface area (Å²) in [7, 11) is 0. The van der Waals surface area contributed by atoms with Crippen molar-refractivity contribution in [2.45, 2.75) is 134 Å². The smallest absolute Gasteiger partial charge is 0.320 e. The quantitative estimate of drug-likeness (QED) is 0.0202. The van der Waals surface area contributed by atoms with E-state index in [1.54, 1.807) is 44.3 Å². The molecule has 2 aromatic heterocycles. The zero-order chi connectivity index (χ0) is 81.9. The number of para-hydroxylation sites is 1. The maximum atomic E-state index is 14.4. The molecule has 0 bridgehead atoms. The molecule has 2 aromatic carbocycles. The zero-order valence-electron chi connectivity index (χ0n) is 61.6. The lowest BCUT2D eigenvalue weighted by Gasteiger charge is -2.32. The summed E-state index contributed by atoms with van der Waals surface area (Å²) in [5.41, 5.74) is 12.6. The molecule has 0 radical (unpaired) electrons. The molecule has 41 heteroatoms. The van der Waals surface area contributed by atoms with E-state index in [-0.39, 0.29) is 75.5 Å². The first-order chi connectivity index (χ1) is 51.9. The van der Waals surface area contributed by atoms with E-state index in [2.05, 4.69) is 68.1 Å². The van der Waals surface area contributed by atoms with E-state index in [0.717, 1.165) is 9.80 Å². The van der Waals surface area contributed by atoms with Crippen molar-refractivity contribution in [2.24, 2.45) is 23.3 Å². The first kappa shape index (κ1) is 90.8. The number of imidazole rings is 1. The number of aliphatic carboxylic acids is 5. The number of aromatic nitrogens is 3. The fraction of sp³-hybridized carbons (Fsp3) is 0.507. The molecule has 2 heterocycles. The normalized spacial score (nSPS) is 13.4. The van der Waals surface area contributed by atoms with Crippen LogP contribution in [0.3, 0.4) is 0 Å². The van der Waals surface area contributed by atoms with E-state index in [9.17, 15) is 107 Å². The van der Waals surface area contributed by atoms with Gasteiger partial charge >= 0.3 is 29.8 Å². The number of H-pyrrole nitrogens is 2. The van der Waals surface area contributed by atoms with Crippen LogP contribution < -0.4 is 64.6 Å². The Morgan fingerprint density at radius 1 is 0.536 bits per heavy atom. The van der Waals surface area contributed by atoms with Gasteiger partial charge < -0.3 is 100 Å². The number of rotatable bonds is 52. The number of carboxylic acids is 5. The van der Waals surface area contributed by atoms with Crippen LogP contribution in [0.1, 0.15) is 94.8 Å². The van der Waals surface area contributed by atoms with Gasteiger partial charge in [-0.25, -0.2) is 4.98 Å². The number of hydrogen-bond acceptors (Lipinski definition) is 22. The van der Waals surface area contributed by atoms with Gasteiger partial charge in [0.05, 0.1) is 51.3 Å². The van der Waals surface area contributed by atoms with Crippen molar-refractivity contribution in [1.82, 2.24) is 77.5 Å². The Kier molecular flexibility index (Phi) is 37.9. The van der Waals surface area contributed by atoms with Crippen LogP contribution in [0.4, 0.5) is 5.69 Å². The fourth-order valence-corrected chi connectivity index (χ4v) is 11.6. The average molecular weight is 1560 g/mol. The molecule has 0 aliphatic carbocycles. The Morgan fingerprint density at radius 2 is 1.09 bits per heavy atom. The van der Waals surface area contributed by atoms with Crippen molar-refractivity contribution < 1.29 is 107 Å². The molecule has 602 valence electrons. The molecule has 0 spiro atoms. The Bertz CT molecular complexity index is 3800. The summed E-state index contributed by atoms with van der Waals surface area (Å²) in [4.78, 5) is 234. The number of nitrogens with zero attached hydrogens (tertiary/aromatic N) is 4. The second-order valence-corrected chi connectivity index (χ2v) is 27.5. The number of aromatic amines is 2. The van der Waals surface area contributed by atoms with Gasteiger partial charge in [0, 0.05) is 86.4 Å². The van der Waals surface area contributed by atoms with Crippen molar-refractivity contribution in [1.29, 1.82) is 0 Å². The van der Waals surface area contributed by atoms with Gasteiger partial charge in [-0.3, -0.25) is 96.2 Å². The predicted molar refractivity (Wildman–Crippen MR) is 394 cm³/mol. The monoisotopic (exact) mass is 1560 g/mol.